The van der Waals surface area contributed by atoms with Gasteiger partial charge in [0.15, 0.2) is 0 Å². The third-order valence-corrected chi connectivity index (χ3v) is 3.82. The first kappa shape index (κ1) is 11.6. The minimum absolute atomic E-state index is 0.120. The van der Waals surface area contributed by atoms with Crippen LogP contribution in [0.3, 0.4) is 0 Å². The summed E-state index contributed by atoms with van der Waals surface area (Å²) < 4.78 is 5.30. The minimum Gasteiger partial charge on any atom is -0.426 e. The van der Waals surface area contributed by atoms with Gasteiger partial charge in [-0.3, -0.25) is 4.79 Å². The monoisotopic (exact) mass is 245 g/mol. The Balaban J connectivity index is 1.68. The van der Waals surface area contributed by atoms with Crippen molar-refractivity contribution in [2.75, 3.05) is 11.9 Å². The van der Waals surface area contributed by atoms with Gasteiger partial charge in [-0.05, 0) is 29.9 Å². The average molecular weight is 245 g/mol. The van der Waals surface area contributed by atoms with Gasteiger partial charge in [0.1, 0.15) is 5.75 Å². The van der Waals surface area contributed by atoms with E-state index >= 15 is 0 Å². The summed E-state index contributed by atoms with van der Waals surface area (Å²) >= 11 is 0. The van der Waals surface area contributed by atoms with Crippen molar-refractivity contribution >= 4 is 11.7 Å². The normalized spacial score (nSPS) is 22.3. The third kappa shape index (κ3) is 2.50. The van der Waals surface area contributed by atoms with Crippen LogP contribution in [0.25, 0.3) is 0 Å². The topological polar surface area (TPSA) is 38.3 Å². The fourth-order valence-electron chi connectivity index (χ4n) is 2.49. The van der Waals surface area contributed by atoms with E-state index in [9.17, 15) is 4.79 Å². The maximum atomic E-state index is 11.4. The van der Waals surface area contributed by atoms with Crippen molar-refractivity contribution in [1.29, 1.82) is 0 Å². The van der Waals surface area contributed by atoms with Crippen LogP contribution < -0.4 is 10.1 Å². The Bertz CT molecular complexity index is 466. The van der Waals surface area contributed by atoms with E-state index in [-0.39, 0.29) is 11.9 Å². The van der Waals surface area contributed by atoms with Crippen LogP contribution in [0.1, 0.15) is 44.1 Å². The van der Waals surface area contributed by atoms with Crippen LogP contribution in [-0.2, 0) is 4.79 Å². The quantitative estimate of drug-likeness (QED) is 0.653. The van der Waals surface area contributed by atoms with Crippen molar-refractivity contribution in [3.63, 3.8) is 0 Å². The molecule has 0 bridgehead atoms. The van der Waals surface area contributed by atoms with Crippen molar-refractivity contribution in [1.82, 2.24) is 0 Å². The average Bonchev–Trinajstić information content (AvgIpc) is 3.12. The molecule has 1 aliphatic heterocycles. The van der Waals surface area contributed by atoms with Crippen molar-refractivity contribution in [3.05, 3.63) is 23.8 Å². The predicted molar refractivity (Wildman–Crippen MR) is 70.9 cm³/mol. The summed E-state index contributed by atoms with van der Waals surface area (Å²) in [6, 6.07) is 6.11. The summed E-state index contributed by atoms with van der Waals surface area (Å²) in [7, 11) is 0. The molecule has 3 rings (SSSR count). The summed E-state index contributed by atoms with van der Waals surface area (Å²) in [5, 5.41) is 3.40. The molecule has 2 aliphatic rings. The van der Waals surface area contributed by atoms with Gasteiger partial charge in [0.05, 0.1) is 6.42 Å². The van der Waals surface area contributed by atoms with E-state index in [0.717, 1.165) is 29.5 Å². The lowest BCUT2D eigenvalue weighted by Gasteiger charge is -2.22. The van der Waals surface area contributed by atoms with E-state index < -0.39 is 0 Å². The number of fused-ring (bicyclic) bond motifs is 1. The number of benzene rings is 1. The highest BCUT2D eigenvalue weighted by molar-refractivity contribution is 5.77. The van der Waals surface area contributed by atoms with Gasteiger partial charge in [-0.2, -0.15) is 0 Å². The van der Waals surface area contributed by atoms with Crippen LogP contribution in [0.15, 0.2) is 18.2 Å². The van der Waals surface area contributed by atoms with Crippen LogP contribution in [0.4, 0.5) is 5.69 Å². The summed E-state index contributed by atoms with van der Waals surface area (Å²) in [4.78, 5) is 11.4. The molecule has 0 amide bonds. The number of nitrogens with one attached hydrogen (secondary N) is 1. The smallest absolute Gasteiger partial charge is 0.311 e. The molecule has 1 fully saturated rings. The molecule has 1 atom stereocenters. The van der Waals surface area contributed by atoms with Crippen molar-refractivity contribution in [2.45, 2.75) is 38.5 Å². The zero-order valence-electron chi connectivity index (χ0n) is 10.7. The molecule has 1 heterocycles. The second-order valence-electron chi connectivity index (χ2n) is 5.49. The Labute approximate surface area is 108 Å². The Kier molecular flexibility index (Phi) is 2.98. The molecular weight excluding hydrogens is 226 g/mol. The second-order valence-corrected chi connectivity index (χ2v) is 5.49. The number of carbonyl (C=O) groups excluding carboxylic acids is 1. The molecule has 1 saturated carbocycles. The lowest BCUT2D eigenvalue weighted by atomic mass is 9.94. The van der Waals surface area contributed by atoms with Crippen molar-refractivity contribution < 1.29 is 9.53 Å². The van der Waals surface area contributed by atoms with Crippen LogP contribution in [0.5, 0.6) is 5.75 Å². The first-order valence-corrected chi connectivity index (χ1v) is 6.81. The lowest BCUT2D eigenvalue weighted by Crippen LogP contribution is -2.18. The standard InChI is InChI=1S/C15H19NO2/c1-10-8-15(17)18-14-9-12(4-5-13(10)14)16-7-6-11-2-3-11/h4-5,9-11,16H,2-3,6-8H2,1H3. The summed E-state index contributed by atoms with van der Waals surface area (Å²) in [5.41, 5.74) is 2.19. The maximum Gasteiger partial charge on any atom is 0.311 e. The molecule has 1 aromatic carbocycles. The molecule has 1 N–H and O–H groups in total. The van der Waals surface area contributed by atoms with Gasteiger partial charge in [-0.25, -0.2) is 0 Å². The number of ether oxygens (including phenoxy) is 1. The summed E-state index contributed by atoms with van der Waals surface area (Å²) in [6.07, 6.45) is 4.51. The van der Waals surface area contributed by atoms with Gasteiger partial charge in [0.2, 0.25) is 0 Å². The Morgan fingerprint density at radius 1 is 1.39 bits per heavy atom. The molecule has 0 saturated heterocycles. The fraction of sp³-hybridized carbons (Fsp3) is 0.533. The molecule has 0 aromatic heterocycles. The molecule has 3 nitrogen and oxygen atoms in total. The van der Waals surface area contributed by atoms with Crippen LogP contribution >= 0.6 is 0 Å². The van der Waals surface area contributed by atoms with Gasteiger partial charge < -0.3 is 10.1 Å². The van der Waals surface area contributed by atoms with Gasteiger partial charge in [-0.15, -0.1) is 0 Å². The van der Waals surface area contributed by atoms with Crippen molar-refractivity contribution in [2.24, 2.45) is 5.92 Å². The lowest BCUT2D eigenvalue weighted by molar-refractivity contribution is -0.135. The van der Waals surface area contributed by atoms with E-state index in [1.54, 1.807) is 0 Å². The zero-order valence-corrected chi connectivity index (χ0v) is 10.7. The first-order valence-electron chi connectivity index (χ1n) is 6.81. The number of hydrogen-bond acceptors (Lipinski definition) is 3. The number of hydrogen-bond donors (Lipinski definition) is 1. The summed E-state index contributed by atoms with van der Waals surface area (Å²) in [5.74, 6) is 1.81. The molecule has 1 aromatic rings. The molecule has 1 unspecified atom stereocenters. The van der Waals surface area contributed by atoms with Gasteiger partial charge in [0.25, 0.3) is 0 Å². The molecule has 0 radical (unpaired) electrons. The Morgan fingerprint density at radius 2 is 2.22 bits per heavy atom. The highest BCUT2D eigenvalue weighted by Gasteiger charge is 2.24. The third-order valence-electron chi connectivity index (χ3n) is 3.82. The van der Waals surface area contributed by atoms with E-state index in [2.05, 4.69) is 24.4 Å². The maximum absolute atomic E-state index is 11.4. The van der Waals surface area contributed by atoms with Gasteiger partial charge in [-0.1, -0.05) is 25.8 Å². The largest absolute Gasteiger partial charge is 0.426 e. The number of rotatable bonds is 4. The van der Waals surface area contributed by atoms with Gasteiger partial charge in [0, 0.05) is 18.3 Å². The SMILES string of the molecule is CC1CC(=O)Oc2cc(NCCC3CC3)ccc21. The second kappa shape index (κ2) is 4.63. The van der Waals surface area contributed by atoms with Crippen LogP contribution in [0.2, 0.25) is 0 Å². The van der Waals surface area contributed by atoms with E-state index in [1.807, 2.05) is 6.07 Å². The number of esters is 1. The Morgan fingerprint density at radius 3 is 3.00 bits per heavy atom. The molecular formula is C15H19NO2. The van der Waals surface area contributed by atoms with Crippen molar-refractivity contribution in [3.8, 4) is 5.75 Å². The molecule has 3 heteroatoms. The van der Waals surface area contributed by atoms with E-state index in [0.29, 0.717) is 6.42 Å². The van der Waals surface area contributed by atoms with E-state index in [1.165, 1.54) is 19.3 Å². The highest BCUT2D eigenvalue weighted by Crippen LogP contribution is 2.36. The predicted octanol–water partition coefficient (Wildman–Crippen LogP) is 3.31. The number of anilines is 1. The molecule has 18 heavy (non-hydrogen) atoms. The molecule has 0 spiro atoms. The minimum atomic E-state index is -0.120. The summed E-state index contributed by atoms with van der Waals surface area (Å²) in [6.45, 7) is 3.08. The number of carbonyl (C=O) groups is 1. The van der Waals surface area contributed by atoms with Crippen LogP contribution in [0, 0.1) is 5.92 Å². The van der Waals surface area contributed by atoms with Crippen LogP contribution in [-0.4, -0.2) is 12.5 Å². The van der Waals surface area contributed by atoms with Gasteiger partial charge >= 0.3 is 5.97 Å². The fourth-order valence-corrected chi connectivity index (χ4v) is 2.49. The highest BCUT2D eigenvalue weighted by atomic mass is 16.5. The first-order chi connectivity index (χ1) is 8.72. The zero-order chi connectivity index (χ0) is 12.5. The Hall–Kier alpha value is -1.51. The molecule has 96 valence electrons. The molecule has 1 aliphatic carbocycles. The van der Waals surface area contributed by atoms with E-state index in [4.69, 9.17) is 4.74 Å².